The second-order valence-electron chi connectivity index (χ2n) is 14.3. The number of fused-ring (bicyclic) bond motifs is 6. The van der Waals surface area contributed by atoms with Gasteiger partial charge in [0.15, 0.2) is 0 Å². The summed E-state index contributed by atoms with van der Waals surface area (Å²) in [6.07, 6.45) is -6.80. The number of anilines is 2. The fourth-order valence-corrected chi connectivity index (χ4v) is 8.45. The molecule has 1 saturated heterocycles. The highest BCUT2D eigenvalue weighted by Gasteiger charge is 2.45. The molecule has 0 spiro atoms. The number of amides is 2. The van der Waals surface area contributed by atoms with Gasteiger partial charge in [0.2, 0.25) is 18.1 Å². The van der Waals surface area contributed by atoms with E-state index in [2.05, 4.69) is 0 Å². The summed E-state index contributed by atoms with van der Waals surface area (Å²) >= 11 is 12.9. The molecule has 0 unspecified atom stereocenters. The van der Waals surface area contributed by atoms with Gasteiger partial charge in [0.1, 0.15) is 35.9 Å². The van der Waals surface area contributed by atoms with Gasteiger partial charge < -0.3 is 44.4 Å². The van der Waals surface area contributed by atoms with Crippen LogP contribution in [0.25, 0.3) is 21.5 Å². The minimum Gasteiger partial charge on any atom is -0.490 e. The Morgan fingerprint density at radius 2 is 1.26 bits per heavy atom. The Labute approximate surface area is 317 Å². The van der Waals surface area contributed by atoms with Crippen molar-refractivity contribution in [1.82, 2.24) is 0 Å². The van der Waals surface area contributed by atoms with Crippen LogP contribution in [-0.4, -0.2) is 101 Å². The molecular formula is C40H44Cl2N2O9. The third kappa shape index (κ3) is 6.93. The Morgan fingerprint density at radius 3 is 1.75 bits per heavy atom. The van der Waals surface area contributed by atoms with Crippen molar-refractivity contribution in [3.63, 3.8) is 0 Å². The zero-order valence-corrected chi connectivity index (χ0v) is 31.0. The molecule has 0 saturated carbocycles. The molecule has 4 aromatic rings. The molecular weight excluding hydrogens is 723 g/mol. The summed E-state index contributed by atoms with van der Waals surface area (Å²) in [5, 5.41) is 44.5. The molecule has 4 aromatic carbocycles. The smallest absolute Gasteiger partial charge is 0.229 e. The van der Waals surface area contributed by atoms with E-state index in [1.54, 1.807) is 15.9 Å². The van der Waals surface area contributed by atoms with Crippen molar-refractivity contribution in [2.75, 3.05) is 41.3 Å². The van der Waals surface area contributed by atoms with Gasteiger partial charge in [0, 0.05) is 72.4 Å². The Morgan fingerprint density at radius 1 is 0.774 bits per heavy atom. The molecule has 0 radical (unpaired) electrons. The molecule has 11 nitrogen and oxygen atoms in total. The lowest BCUT2D eigenvalue weighted by Crippen LogP contribution is -2.60. The van der Waals surface area contributed by atoms with Gasteiger partial charge in [-0.3, -0.25) is 9.59 Å². The monoisotopic (exact) mass is 766 g/mol. The molecule has 0 aromatic heterocycles. The summed E-state index contributed by atoms with van der Waals surface area (Å²) in [4.78, 5) is 31.2. The fourth-order valence-electron chi connectivity index (χ4n) is 7.95. The van der Waals surface area contributed by atoms with Crippen LogP contribution in [0, 0.1) is 0 Å². The van der Waals surface area contributed by atoms with Crippen LogP contribution in [0.4, 0.5) is 11.4 Å². The van der Waals surface area contributed by atoms with Gasteiger partial charge in [0.05, 0.1) is 24.1 Å². The maximum atomic E-state index is 13.9. The normalized spacial score (nSPS) is 25.3. The molecule has 13 heteroatoms. The highest BCUT2D eigenvalue weighted by Crippen LogP contribution is 2.48. The Hall–Kier alpha value is -3.68. The maximum Gasteiger partial charge on any atom is 0.229 e. The zero-order valence-electron chi connectivity index (χ0n) is 29.5. The molecule has 3 aliphatic rings. The summed E-state index contributed by atoms with van der Waals surface area (Å²) in [5.74, 6) is 1.12. The predicted molar refractivity (Wildman–Crippen MR) is 204 cm³/mol. The van der Waals surface area contributed by atoms with Gasteiger partial charge in [-0.05, 0) is 42.2 Å². The fraction of sp³-hybridized carbons (Fsp3) is 0.450. The van der Waals surface area contributed by atoms with E-state index in [1.807, 2.05) is 68.4 Å². The molecule has 2 amide bonds. The zero-order chi connectivity index (χ0) is 37.6. The van der Waals surface area contributed by atoms with Crippen LogP contribution in [0.15, 0.2) is 60.7 Å². The summed E-state index contributed by atoms with van der Waals surface area (Å²) in [6.45, 7) is 4.12. The molecule has 53 heavy (non-hydrogen) atoms. The van der Waals surface area contributed by atoms with E-state index in [0.717, 1.165) is 33.0 Å². The summed E-state index contributed by atoms with van der Waals surface area (Å²) in [5.41, 5.74) is 3.30. The van der Waals surface area contributed by atoms with E-state index >= 15 is 0 Å². The molecule has 3 heterocycles. The number of nitrogens with zero attached hydrogens (tertiary/aromatic N) is 2. The quantitative estimate of drug-likeness (QED) is 0.152. The van der Waals surface area contributed by atoms with Gasteiger partial charge in [-0.25, -0.2) is 0 Å². The van der Waals surface area contributed by atoms with Crippen LogP contribution in [0.3, 0.4) is 0 Å². The number of carbonyl (C=O) groups excluding carboxylic acids is 2. The van der Waals surface area contributed by atoms with E-state index < -0.39 is 37.3 Å². The topological polar surface area (TPSA) is 149 Å². The third-order valence-corrected chi connectivity index (χ3v) is 11.2. The largest absolute Gasteiger partial charge is 0.490 e. The third-order valence-electron chi connectivity index (χ3n) is 10.5. The van der Waals surface area contributed by atoms with Gasteiger partial charge in [-0.2, -0.15) is 0 Å². The van der Waals surface area contributed by atoms with Crippen molar-refractivity contribution < 1.29 is 44.2 Å². The molecule has 0 bridgehead atoms. The van der Waals surface area contributed by atoms with Crippen molar-refractivity contribution in [1.29, 1.82) is 0 Å². The van der Waals surface area contributed by atoms with Crippen LogP contribution in [-0.2, 0) is 14.3 Å². The standard InChI is InChI=1S/C40H44Cl2N2O9/c1-21(2)51-30-14-28-35(26-10-5-3-8-24(26)30)22(16-41)18-43(28)33(46)12-7-13-34(47)44-19-23(17-42)36-27-11-6-4-9-25(27)31(15-29(36)44)52-40-39(50)38(49)37(48)32(20-45)53-40/h3-6,8-11,14-15,21-23,32,37-40,45,48-50H,7,12-13,16-20H2,1-2H3/t22-,23-,32-,37+,38+,39-,40-/m1/s1. The van der Waals surface area contributed by atoms with Gasteiger partial charge in [-0.1, -0.05) is 48.5 Å². The molecule has 282 valence electrons. The van der Waals surface area contributed by atoms with Crippen LogP contribution >= 0.6 is 23.2 Å². The lowest BCUT2D eigenvalue weighted by atomic mass is 9.95. The first-order valence-electron chi connectivity index (χ1n) is 18.0. The number of halogens is 2. The first-order valence-corrected chi connectivity index (χ1v) is 19.1. The molecule has 3 aliphatic heterocycles. The van der Waals surface area contributed by atoms with E-state index in [4.69, 9.17) is 37.4 Å². The van der Waals surface area contributed by atoms with Crippen molar-refractivity contribution in [2.24, 2.45) is 0 Å². The minimum absolute atomic E-state index is 0.0435. The average Bonchev–Trinajstić information content (AvgIpc) is 3.73. The lowest BCUT2D eigenvalue weighted by molar-refractivity contribution is -0.277. The first kappa shape index (κ1) is 37.6. The number of benzene rings is 4. The van der Waals surface area contributed by atoms with Gasteiger partial charge in [0.25, 0.3) is 0 Å². The molecule has 7 atom stereocenters. The molecule has 4 N–H and O–H groups in total. The van der Waals surface area contributed by atoms with Crippen LogP contribution in [0.2, 0.25) is 0 Å². The highest BCUT2D eigenvalue weighted by atomic mass is 35.5. The average molecular weight is 768 g/mol. The Balaban J connectivity index is 1.11. The van der Waals surface area contributed by atoms with Gasteiger partial charge >= 0.3 is 0 Å². The van der Waals surface area contributed by atoms with Crippen molar-refractivity contribution in [3.05, 3.63) is 71.8 Å². The number of aliphatic hydroxyl groups excluding tert-OH is 4. The van der Waals surface area contributed by atoms with Gasteiger partial charge in [-0.15, -0.1) is 23.2 Å². The number of rotatable bonds is 11. The second-order valence-corrected chi connectivity index (χ2v) is 14.9. The lowest BCUT2D eigenvalue weighted by Gasteiger charge is -2.39. The maximum absolute atomic E-state index is 13.9. The van der Waals surface area contributed by atoms with Crippen molar-refractivity contribution in [2.45, 2.75) is 81.8 Å². The number of carbonyl (C=O) groups is 2. The Bertz CT molecular complexity index is 2010. The molecule has 0 aliphatic carbocycles. The first-order chi connectivity index (χ1) is 25.6. The SMILES string of the molecule is CC(C)Oc1cc2c(c3ccccc13)[C@H](CCl)CN2C(=O)CCCC(=O)N1C[C@@H](CCl)c2c1cc(O[C@@H]1O[C@H](CO)[C@H](O)[C@H](O)[C@H]1O)c1ccccc21. The number of aliphatic hydroxyl groups is 4. The van der Waals surface area contributed by atoms with E-state index in [0.29, 0.717) is 42.2 Å². The molecule has 1 fully saturated rings. The summed E-state index contributed by atoms with van der Waals surface area (Å²) < 4.78 is 17.9. The van der Waals surface area contributed by atoms with E-state index in [-0.39, 0.29) is 54.2 Å². The minimum atomic E-state index is -1.61. The molecule has 7 rings (SSSR count). The number of alkyl halides is 2. The number of hydrogen-bond donors (Lipinski definition) is 4. The summed E-state index contributed by atoms with van der Waals surface area (Å²) in [6, 6.07) is 19.1. The van der Waals surface area contributed by atoms with Crippen LogP contribution in [0.1, 0.15) is 56.1 Å². The van der Waals surface area contributed by atoms with Crippen molar-refractivity contribution >= 4 is 67.9 Å². The number of ether oxygens (including phenoxy) is 3. The predicted octanol–water partition coefficient (Wildman–Crippen LogP) is 5.17. The second kappa shape index (κ2) is 15.6. The van der Waals surface area contributed by atoms with E-state index in [9.17, 15) is 30.0 Å². The highest BCUT2D eigenvalue weighted by molar-refractivity contribution is 6.19. The number of hydrogen-bond acceptors (Lipinski definition) is 9. The van der Waals surface area contributed by atoms with Crippen molar-refractivity contribution in [3.8, 4) is 11.5 Å². The van der Waals surface area contributed by atoms with Crippen LogP contribution in [0.5, 0.6) is 11.5 Å². The van der Waals surface area contributed by atoms with E-state index in [1.165, 1.54) is 0 Å². The summed E-state index contributed by atoms with van der Waals surface area (Å²) in [7, 11) is 0. The Kier molecular flexibility index (Phi) is 11.1. The van der Waals surface area contributed by atoms with Crippen LogP contribution < -0.4 is 19.3 Å².